The maximum Gasteiger partial charge on any atom is 0.401 e. The van der Waals surface area contributed by atoms with Gasteiger partial charge in [0.25, 0.3) is 5.91 Å². The third-order valence-electron chi connectivity index (χ3n) is 5.45. The lowest BCUT2D eigenvalue weighted by atomic mass is 9.91. The fourth-order valence-electron chi connectivity index (χ4n) is 3.87. The van der Waals surface area contributed by atoms with Crippen LogP contribution in [0.4, 0.5) is 13.2 Å². The molecule has 8 heteroatoms. The average molecular weight is 417 g/mol. The van der Waals surface area contributed by atoms with E-state index in [1.807, 2.05) is 18.2 Å². The van der Waals surface area contributed by atoms with E-state index >= 15 is 0 Å². The zero-order chi connectivity index (χ0) is 21.1. The van der Waals surface area contributed by atoms with Crippen molar-refractivity contribution in [3.8, 4) is 11.3 Å². The van der Waals surface area contributed by atoms with Crippen molar-refractivity contribution < 1.29 is 22.4 Å². The first-order valence-corrected chi connectivity index (χ1v) is 9.93. The highest BCUT2D eigenvalue weighted by Crippen LogP contribution is 2.27. The first-order chi connectivity index (χ1) is 14.4. The molecule has 1 aliphatic carbocycles. The van der Waals surface area contributed by atoms with Crippen molar-refractivity contribution in [2.75, 3.05) is 6.54 Å². The van der Waals surface area contributed by atoms with Gasteiger partial charge in [-0.15, -0.1) is 0 Å². The summed E-state index contributed by atoms with van der Waals surface area (Å²) < 4.78 is 42.3. The van der Waals surface area contributed by atoms with Gasteiger partial charge < -0.3 is 15.1 Å². The van der Waals surface area contributed by atoms with Crippen LogP contribution in [0, 0.1) is 0 Å². The average Bonchev–Trinajstić information content (AvgIpc) is 3.22. The van der Waals surface area contributed by atoms with E-state index in [9.17, 15) is 18.0 Å². The largest absolute Gasteiger partial charge is 0.464 e. The Balaban J connectivity index is 1.33. The number of carbonyl (C=O) groups excluding carboxylic acids is 1. The number of alkyl halides is 3. The van der Waals surface area contributed by atoms with Crippen molar-refractivity contribution in [1.29, 1.82) is 0 Å². The molecule has 2 N–H and O–H groups in total. The van der Waals surface area contributed by atoms with E-state index in [-0.39, 0.29) is 18.0 Å². The number of hydrogen-bond acceptors (Lipinski definition) is 4. The number of carbonyl (C=O) groups is 1. The van der Waals surface area contributed by atoms with Gasteiger partial charge in [0.15, 0.2) is 0 Å². The summed E-state index contributed by atoms with van der Waals surface area (Å²) in [6.45, 7) is -0.970. The standard InChI is InChI=1S/C22H22F3N3O2/c23-22(24,25)13-27-16-5-7-17(8-6-16)28-21(29)15-3-1-14(2-4-15)20-18-10-12-30-19(18)9-11-26-20/h1-4,9-12,16-17,27H,5-8,13H2,(H,28,29)/t16-,17-. The summed E-state index contributed by atoms with van der Waals surface area (Å²) in [6, 6.07) is 10.7. The maximum atomic E-state index is 12.6. The van der Waals surface area contributed by atoms with Gasteiger partial charge in [0.2, 0.25) is 0 Å². The van der Waals surface area contributed by atoms with Crippen LogP contribution in [0.3, 0.4) is 0 Å². The molecule has 5 nitrogen and oxygen atoms in total. The molecule has 30 heavy (non-hydrogen) atoms. The van der Waals surface area contributed by atoms with Crippen LogP contribution >= 0.6 is 0 Å². The number of benzene rings is 1. The number of nitrogens with zero attached hydrogens (tertiary/aromatic N) is 1. The van der Waals surface area contributed by atoms with Crippen molar-refractivity contribution in [2.45, 2.75) is 43.9 Å². The Bertz CT molecular complexity index is 1010. The lowest BCUT2D eigenvalue weighted by Crippen LogP contribution is -2.44. The number of halogens is 3. The summed E-state index contributed by atoms with van der Waals surface area (Å²) in [6.07, 6.45) is 1.64. The van der Waals surface area contributed by atoms with Gasteiger partial charge in [-0.2, -0.15) is 13.2 Å². The van der Waals surface area contributed by atoms with Crippen LogP contribution in [-0.2, 0) is 0 Å². The Labute approximate surface area is 171 Å². The Morgan fingerprint density at radius 3 is 2.43 bits per heavy atom. The van der Waals surface area contributed by atoms with E-state index in [4.69, 9.17) is 4.42 Å². The summed E-state index contributed by atoms with van der Waals surface area (Å²) in [7, 11) is 0. The van der Waals surface area contributed by atoms with Crippen molar-refractivity contribution in [2.24, 2.45) is 0 Å². The lowest BCUT2D eigenvalue weighted by Gasteiger charge is -2.30. The molecule has 2 heterocycles. The van der Waals surface area contributed by atoms with Gasteiger partial charge in [-0.1, -0.05) is 12.1 Å². The summed E-state index contributed by atoms with van der Waals surface area (Å²) in [5.74, 6) is -0.178. The number of hydrogen-bond donors (Lipinski definition) is 2. The lowest BCUT2D eigenvalue weighted by molar-refractivity contribution is -0.126. The Kier molecular flexibility index (Phi) is 5.76. The van der Waals surface area contributed by atoms with Crippen molar-refractivity contribution in [1.82, 2.24) is 15.6 Å². The molecule has 1 fully saturated rings. The molecule has 1 saturated carbocycles. The molecule has 1 aliphatic rings. The van der Waals surface area contributed by atoms with Crippen LogP contribution in [0.25, 0.3) is 22.2 Å². The van der Waals surface area contributed by atoms with Gasteiger partial charge in [0.05, 0.1) is 18.5 Å². The van der Waals surface area contributed by atoms with Gasteiger partial charge in [-0.05, 0) is 49.9 Å². The van der Waals surface area contributed by atoms with Gasteiger partial charge in [-0.25, -0.2) is 0 Å². The number of aromatic nitrogens is 1. The molecule has 158 valence electrons. The van der Waals surface area contributed by atoms with E-state index in [1.54, 1.807) is 30.7 Å². The van der Waals surface area contributed by atoms with Crippen LogP contribution in [0.2, 0.25) is 0 Å². The van der Waals surface area contributed by atoms with Crippen molar-refractivity contribution >= 4 is 16.9 Å². The normalized spacial score (nSPS) is 19.7. The second-order valence-corrected chi connectivity index (χ2v) is 7.59. The number of rotatable bonds is 5. The van der Waals surface area contributed by atoms with E-state index in [1.165, 1.54) is 0 Å². The summed E-state index contributed by atoms with van der Waals surface area (Å²) in [4.78, 5) is 17.0. The zero-order valence-electron chi connectivity index (χ0n) is 16.2. The Morgan fingerprint density at radius 1 is 1.03 bits per heavy atom. The molecule has 2 aromatic heterocycles. The van der Waals surface area contributed by atoms with E-state index in [2.05, 4.69) is 15.6 Å². The van der Waals surface area contributed by atoms with Crippen LogP contribution in [0.5, 0.6) is 0 Å². The van der Waals surface area contributed by atoms with Gasteiger partial charge in [-0.3, -0.25) is 9.78 Å². The molecule has 0 bridgehead atoms. The van der Waals surface area contributed by atoms with Crippen LogP contribution in [0.15, 0.2) is 53.3 Å². The van der Waals surface area contributed by atoms with Crippen molar-refractivity contribution in [3.05, 3.63) is 54.4 Å². The summed E-state index contributed by atoms with van der Waals surface area (Å²) in [5.41, 5.74) is 2.96. The predicted molar refractivity (Wildman–Crippen MR) is 107 cm³/mol. The molecule has 0 atom stereocenters. The van der Waals surface area contributed by atoms with Gasteiger partial charge in [0, 0.05) is 34.8 Å². The topological polar surface area (TPSA) is 67.2 Å². The fraction of sp³-hybridized carbons (Fsp3) is 0.364. The monoisotopic (exact) mass is 417 g/mol. The van der Waals surface area contributed by atoms with Gasteiger partial charge >= 0.3 is 6.18 Å². The molecule has 0 unspecified atom stereocenters. The molecular formula is C22H22F3N3O2. The van der Waals surface area contributed by atoms with Crippen molar-refractivity contribution in [3.63, 3.8) is 0 Å². The van der Waals surface area contributed by atoms with E-state index in [0.29, 0.717) is 31.2 Å². The smallest absolute Gasteiger partial charge is 0.401 e. The molecule has 1 aromatic carbocycles. The van der Waals surface area contributed by atoms with Crippen LogP contribution in [-0.4, -0.2) is 35.7 Å². The summed E-state index contributed by atoms with van der Waals surface area (Å²) >= 11 is 0. The second kappa shape index (κ2) is 8.47. The quantitative estimate of drug-likeness (QED) is 0.632. The number of fused-ring (bicyclic) bond motifs is 1. The molecule has 0 radical (unpaired) electrons. The fourth-order valence-corrected chi connectivity index (χ4v) is 3.87. The summed E-state index contributed by atoms with van der Waals surface area (Å²) in [5, 5.41) is 6.45. The number of furan rings is 1. The highest BCUT2D eigenvalue weighted by molar-refractivity contribution is 5.96. The predicted octanol–water partition coefficient (Wildman–Crippen LogP) is 4.69. The third-order valence-corrected chi connectivity index (χ3v) is 5.45. The zero-order valence-corrected chi connectivity index (χ0v) is 16.2. The Morgan fingerprint density at radius 2 is 1.73 bits per heavy atom. The number of amides is 1. The number of pyridine rings is 1. The van der Waals surface area contributed by atoms with Crippen LogP contribution in [0.1, 0.15) is 36.0 Å². The molecule has 4 rings (SSSR count). The number of nitrogens with one attached hydrogen (secondary N) is 2. The Hall–Kier alpha value is -2.87. The highest BCUT2D eigenvalue weighted by Gasteiger charge is 2.30. The minimum absolute atomic E-state index is 0.0255. The first kappa shape index (κ1) is 20.4. The molecule has 3 aromatic rings. The molecule has 0 spiro atoms. The van der Waals surface area contributed by atoms with Gasteiger partial charge in [0.1, 0.15) is 5.58 Å². The van der Waals surface area contributed by atoms with E-state index in [0.717, 1.165) is 22.2 Å². The molecule has 0 aliphatic heterocycles. The maximum absolute atomic E-state index is 12.6. The molecule has 0 saturated heterocycles. The SMILES string of the molecule is O=C(N[C@H]1CC[C@H](NCC(F)(F)F)CC1)c1ccc(-c2nccc3occc23)cc1. The second-order valence-electron chi connectivity index (χ2n) is 7.59. The minimum atomic E-state index is -4.20. The molecule has 1 amide bonds. The minimum Gasteiger partial charge on any atom is -0.464 e. The van der Waals surface area contributed by atoms with Crippen LogP contribution < -0.4 is 10.6 Å². The third kappa shape index (κ3) is 4.81. The molecular weight excluding hydrogens is 395 g/mol. The first-order valence-electron chi connectivity index (χ1n) is 9.93. The highest BCUT2D eigenvalue weighted by atomic mass is 19.4. The van der Waals surface area contributed by atoms with E-state index < -0.39 is 12.7 Å².